The van der Waals surface area contributed by atoms with Crippen molar-refractivity contribution in [2.24, 2.45) is 0 Å². The number of aromatic nitrogens is 1. The zero-order valence-electron chi connectivity index (χ0n) is 21.7. The molecule has 38 heavy (non-hydrogen) atoms. The molecule has 0 spiro atoms. The van der Waals surface area contributed by atoms with Crippen molar-refractivity contribution in [2.75, 3.05) is 19.6 Å². The molecule has 0 bridgehead atoms. The number of amides is 1. The third-order valence-electron chi connectivity index (χ3n) is 6.33. The maximum absolute atomic E-state index is 12.9. The Kier molecular flexibility index (Phi) is 11.0. The van der Waals surface area contributed by atoms with Crippen molar-refractivity contribution in [3.63, 3.8) is 0 Å². The van der Waals surface area contributed by atoms with E-state index < -0.39 is 11.9 Å². The first kappa shape index (κ1) is 28.5. The van der Waals surface area contributed by atoms with Crippen molar-refractivity contribution in [3.05, 3.63) is 89.6 Å². The molecule has 1 aliphatic heterocycles. The second-order valence-electron chi connectivity index (χ2n) is 9.41. The highest BCUT2D eigenvalue weighted by Crippen LogP contribution is 2.21. The van der Waals surface area contributed by atoms with Crippen LogP contribution in [0.15, 0.2) is 72.8 Å². The number of carbonyl (C=O) groups is 3. The van der Waals surface area contributed by atoms with E-state index in [0.29, 0.717) is 18.6 Å². The number of nitrogens with zero attached hydrogens (tertiary/aromatic N) is 2. The number of carbonyl (C=O) groups excluding carboxylic acids is 1. The molecule has 8 nitrogen and oxygen atoms in total. The third kappa shape index (κ3) is 9.78. The summed E-state index contributed by atoms with van der Waals surface area (Å²) in [6.45, 7) is 5.48. The van der Waals surface area contributed by atoms with E-state index in [9.17, 15) is 14.4 Å². The number of benzene rings is 2. The molecule has 8 heteroatoms. The van der Waals surface area contributed by atoms with Gasteiger partial charge in [-0.05, 0) is 57.0 Å². The maximum atomic E-state index is 12.9. The number of carboxylic acids is 2. The Bertz CT molecular complexity index is 1250. The van der Waals surface area contributed by atoms with Crippen molar-refractivity contribution in [1.29, 1.82) is 0 Å². The van der Waals surface area contributed by atoms with Gasteiger partial charge in [0.05, 0.1) is 23.7 Å². The molecule has 1 amide bonds. The summed E-state index contributed by atoms with van der Waals surface area (Å²) in [5.74, 6) is -2.48. The van der Waals surface area contributed by atoms with E-state index in [2.05, 4.69) is 46.4 Å². The lowest BCUT2D eigenvalue weighted by atomic mass is 10.0. The van der Waals surface area contributed by atoms with Gasteiger partial charge in [-0.3, -0.25) is 9.78 Å². The molecule has 0 saturated carbocycles. The topological polar surface area (TPSA) is 120 Å². The molecular formula is C30H35N3O5. The molecule has 2 aromatic carbocycles. The molecule has 1 fully saturated rings. The summed E-state index contributed by atoms with van der Waals surface area (Å²) in [6.07, 6.45) is 6.26. The fraction of sp³-hybridized carbons (Fsp3) is 0.333. The standard InChI is InChI=1S/C26H31N3O.C4H4O4/c1-20-8-7-10-22(18-20)25(14-17-29-15-5-2-6-16-29)28-26(30)19-23-13-12-21-9-3-4-11-24(21)27-23;5-3(6)1-2-4(7)8/h3-4,7-13,18,25H,2,5-6,14-17,19H2,1H3,(H,28,30);1-2H,(H,5,6)(H,7,8)/b;2-1+. The number of aryl methyl sites for hydroxylation is 1. The van der Waals surface area contributed by atoms with Crippen LogP contribution in [0.5, 0.6) is 0 Å². The average molecular weight is 518 g/mol. The van der Waals surface area contributed by atoms with Crippen molar-refractivity contribution < 1.29 is 24.6 Å². The number of hydrogen-bond acceptors (Lipinski definition) is 5. The SMILES string of the molecule is Cc1cccc(C(CCN2CCCCC2)NC(=O)Cc2ccc3ccccc3n2)c1.O=C(O)/C=C/C(=O)O. The number of fused-ring (bicyclic) bond motifs is 1. The Morgan fingerprint density at radius 3 is 2.34 bits per heavy atom. The zero-order valence-corrected chi connectivity index (χ0v) is 21.7. The monoisotopic (exact) mass is 517 g/mol. The van der Waals surface area contributed by atoms with Crippen LogP contribution in [0.3, 0.4) is 0 Å². The molecule has 1 unspecified atom stereocenters. The minimum absolute atomic E-state index is 0.0276. The summed E-state index contributed by atoms with van der Waals surface area (Å²) >= 11 is 0. The number of carboxylic acid groups (broad SMARTS) is 2. The molecule has 1 saturated heterocycles. The molecule has 1 aromatic heterocycles. The van der Waals surface area contributed by atoms with Gasteiger partial charge >= 0.3 is 11.9 Å². The van der Waals surface area contributed by atoms with E-state index >= 15 is 0 Å². The number of likely N-dealkylation sites (tertiary alicyclic amines) is 1. The maximum Gasteiger partial charge on any atom is 0.328 e. The second kappa shape index (κ2) is 14.6. The van der Waals surface area contributed by atoms with Crippen molar-refractivity contribution in [3.8, 4) is 0 Å². The quantitative estimate of drug-likeness (QED) is 0.357. The Hall–Kier alpha value is -4.04. The predicted molar refractivity (Wildman–Crippen MR) is 147 cm³/mol. The summed E-state index contributed by atoms with van der Waals surface area (Å²) < 4.78 is 0. The smallest absolute Gasteiger partial charge is 0.328 e. The fourth-order valence-corrected chi connectivity index (χ4v) is 4.46. The van der Waals surface area contributed by atoms with Gasteiger partial charge in [-0.2, -0.15) is 0 Å². The van der Waals surface area contributed by atoms with Crippen molar-refractivity contribution in [1.82, 2.24) is 15.2 Å². The lowest BCUT2D eigenvalue weighted by molar-refractivity contribution is -0.134. The summed E-state index contributed by atoms with van der Waals surface area (Å²) in [7, 11) is 0. The molecule has 4 rings (SSSR count). The van der Waals surface area contributed by atoms with Gasteiger partial charge in [0.1, 0.15) is 0 Å². The highest BCUT2D eigenvalue weighted by molar-refractivity contribution is 5.89. The van der Waals surface area contributed by atoms with Crippen LogP contribution < -0.4 is 5.32 Å². The molecule has 1 atom stereocenters. The number of rotatable bonds is 9. The van der Waals surface area contributed by atoms with Gasteiger partial charge in [-0.25, -0.2) is 9.59 Å². The Labute approximate surface area is 223 Å². The van der Waals surface area contributed by atoms with Crippen LogP contribution in [-0.4, -0.2) is 57.6 Å². The van der Waals surface area contributed by atoms with Gasteiger partial charge < -0.3 is 20.4 Å². The van der Waals surface area contributed by atoms with Crippen LogP contribution in [0.25, 0.3) is 10.9 Å². The van der Waals surface area contributed by atoms with Gasteiger partial charge in [0.25, 0.3) is 0 Å². The van der Waals surface area contributed by atoms with E-state index in [-0.39, 0.29) is 11.9 Å². The van der Waals surface area contributed by atoms with Crippen molar-refractivity contribution in [2.45, 2.75) is 45.1 Å². The van der Waals surface area contributed by atoms with Crippen LogP contribution in [0.2, 0.25) is 0 Å². The van der Waals surface area contributed by atoms with Gasteiger partial charge in [0.2, 0.25) is 5.91 Å². The highest BCUT2D eigenvalue weighted by Gasteiger charge is 2.18. The molecule has 3 aromatic rings. The lowest BCUT2D eigenvalue weighted by Crippen LogP contribution is -2.35. The van der Waals surface area contributed by atoms with Crippen LogP contribution in [-0.2, 0) is 20.8 Å². The second-order valence-corrected chi connectivity index (χ2v) is 9.41. The van der Waals surface area contributed by atoms with E-state index in [1.54, 1.807) is 0 Å². The van der Waals surface area contributed by atoms with Crippen LogP contribution in [0, 0.1) is 6.92 Å². The number of aliphatic carboxylic acids is 2. The molecule has 1 aliphatic rings. The number of nitrogens with one attached hydrogen (secondary N) is 1. The molecular weight excluding hydrogens is 482 g/mol. The van der Waals surface area contributed by atoms with E-state index in [1.807, 2.05) is 36.4 Å². The lowest BCUT2D eigenvalue weighted by Gasteiger charge is -2.29. The van der Waals surface area contributed by atoms with Gasteiger partial charge in [0, 0.05) is 24.1 Å². The van der Waals surface area contributed by atoms with E-state index in [0.717, 1.165) is 29.6 Å². The van der Waals surface area contributed by atoms with Gasteiger partial charge in [-0.1, -0.05) is 60.5 Å². The highest BCUT2D eigenvalue weighted by atomic mass is 16.4. The third-order valence-corrected chi connectivity index (χ3v) is 6.33. The number of piperidine rings is 1. The van der Waals surface area contributed by atoms with E-state index in [1.165, 1.54) is 43.5 Å². The van der Waals surface area contributed by atoms with Gasteiger partial charge in [0.15, 0.2) is 0 Å². The zero-order chi connectivity index (χ0) is 27.3. The normalized spacial score (nSPS) is 14.4. The van der Waals surface area contributed by atoms with Crippen molar-refractivity contribution >= 4 is 28.7 Å². The molecule has 2 heterocycles. The Morgan fingerprint density at radius 1 is 0.947 bits per heavy atom. The minimum Gasteiger partial charge on any atom is -0.478 e. The molecule has 0 aliphatic carbocycles. The first-order chi connectivity index (χ1) is 18.3. The Balaban J connectivity index is 0.000000436. The first-order valence-electron chi connectivity index (χ1n) is 12.9. The summed E-state index contributed by atoms with van der Waals surface area (Å²) in [5.41, 5.74) is 4.15. The Morgan fingerprint density at radius 2 is 1.66 bits per heavy atom. The molecule has 0 radical (unpaired) electrons. The minimum atomic E-state index is -1.26. The predicted octanol–water partition coefficient (Wildman–Crippen LogP) is 4.53. The van der Waals surface area contributed by atoms with Gasteiger partial charge in [-0.15, -0.1) is 0 Å². The molecule has 3 N–H and O–H groups in total. The summed E-state index contributed by atoms with van der Waals surface area (Å²) in [4.78, 5) is 39.2. The van der Waals surface area contributed by atoms with Crippen LogP contribution in [0.4, 0.5) is 0 Å². The van der Waals surface area contributed by atoms with Crippen LogP contribution >= 0.6 is 0 Å². The summed E-state index contributed by atoms with van der Waals surface area (Å²) in [5, 5.41) is 20.0. The van der Waals surface area contributed by atoms with E-state index in [4.69, 9.17) is 10.2 Å². The van der Waals surface area contributed by atoms with Crippen LogP contribution in [0.1, 0.15) is 48.5 Å². The number of pyridine rings is 1. The summed E-state index contributed by atoms with van der Waals surface area (Å²) in [6, 6.07) is 20.5. The number of hydrogen-bond donors (Lipinski definition) is 3. The average Bonchev–Trinajstić information content (AvgIpc) is 2.91. The first-order valence-corrected chi connectivity index (χ1v) is 12.9. The number of para-hydroxylation sites is 1. The molecule has 200 valence electrons. The largest absolute Gasteiger partial charge is 0.478 e. The fourth-order valence-electron chi connectivity index (χ4n) is 4.46.